The fraction of sp³-hybridized carbons (Fsp3) is 0. The van der Waals surface area contributed by atoms with E-state index < -0.39 is 0 Å². The molecule has 3 heterocycles. The molecule has 0 aliphatic rings. The third-order valence-electron chi connectivity index (χ3n) is 3.16. The maximum Gasteiger partial charge on any atom is 0.106 e. The summed E-state index contributed by atoms with van der Waals surface area (Å²) in [7, 11) is 0. The number of aromatic nitrogens is 4. The minimum absolute atomic E-state index is 0.774. The first-order valence-corrected chi connectivity index (χ1v) is 7.48. The Kier molecular flexibility index (Phi) is 2.68. The average molecular weight is 390 g/mol. The summed E-state index contributed by atoms with van der Waals surface area (Å²) >= 11 is 6.83. The van der Waals surface area contributed by atoms with E-state index in [1.807, 2.05) is 24.3 Å². The van der Waals surface area contributed by atoms with Crippen LogP contribution in [0.4, 0.5) is 0 Å². The zero-order valence-electron chi connectivity index (χ0n) is 10.0. The van der Waals surface area contributed by atoms with E-state index >= 15 is 0 Å². The standard InChI is InChI=1S/C14H6Br2N4/c15-9-3-1-7-11-12(18-6-5-17-11)8-2-4-10(16)20-14(8)13(7)19-9/h1-6H. The molecule has 20 heavy (non-hydrogen) atoms. The van der Waals surface area contributed by atoms with Crippen molar-refractivity contribution in [3.8, 4) is 0 Å². The largest absolute Gasteiger partial charge is 0.252 e. The highest BCUT2D eigenvalue weighted by Crippen LogP contribution is 2.32. The monoisotopic (exact) mass is 388 g/mol. The third-order valence-corrected chi connectivity index (χ3v) is 4.04. The quantitative estimate of drug-likeness (QED) is 0.333. The molecule has 0 N–H and O–H groups in total. The van der Waals surface area contributed by atoms with Crippen LogP contribution in [-0.4, -0.2) is 19.9 Å². The fourth-order valence-corrected chi connectivity index (χ4v) is 2.97. The molecule has 3 aromatic heterocycles. The molecular weight excluding hydrogens is 384 g/mol. The molecule has 0 saturated carbocycles. The Labute approximate surface area is 130 Å². The highest BCUT2D eigenvalue weighted by Gasteiger charge is 2.13. The number of hydrogen-bond donors (Lipinski definition) is 0. The summed E-state index contributed by atoms with van der Waals surface area (Å²) in [6, 6.07) is 7.79. The van der Waals surface area contributed by atoms with Gasteiger partial charge in [-0.05, 0) is 56.1 Å². The lowest BCUT2D eigenvalue weighted by molar-refractivity contribution is 1.28. The molecule has 0 spiro atoms. The molecule has 0 aliphatic heterocycles. The Morgan fingerprint density at radius 3 is 1.50 bits per heavy atom. The van der Waals surface area contributed by atoms with Crippen LogP contribution in [0.1, 0.15) is 0 Å². The van der Waals surface area contributed by atoms with Crippen molar-refractivity contribution >= 4 is 64.7 Å². The van der Waals surface area contributed by atoms with Gasteiger partial charge in [0.15, 0.2) is 0 Å². The van der Waals surface area contributed by atoms with Crippen molar-refractivity contribution in [3.05, 3.63) is 45.9 Å². The van der Waals surface area contributed by atoms with Gasteiger partial charge < -0.3 is 0 Å². The van der Waals surface area contributed by atoms with Crippen LogP contribution in [0.3, 0.4) is 0 Å². The highest BCUT2D eigenvalue weighted by molar-refractivity contribution is 9.10. The second kappa shape index (κ2) is 4.43. The summed E-state index contributed by atoms with van der Waals surface area (Å²) in [6.07, 6.45) is 3.39. The van der Waals surface area contributed by atoms with Gasteiger partial charge in [-0.25, -0.2) is 9.97 Å². The van der Waals surface area contributed by atoms with Crippen LogP contribution in [0.15, 0.2) is 45.9 Å². The normalized spacial score (nSPS) is 11.5. The van der Waals surface area contributed by atoms with Crippen molar-refractivity contribution in [1.82, 2.24) is 19.9 Å². The molecule has 6 heteroatoms. The van der Waals surface area contributed by atoms with Crippen molar-refractivity contribution in [2.24, 2.45) is 0 Å². The van der Waals surface area contributed by atoms with Crippen molar-refractivity contribution in [1.29, 1.82) is 0 Å². The van der Waals surface area contributed by atoms with Gasteiger partial charge in [0.05, 0.1) is 11.0 Å². The van der Waals surface area contributed by atoms with E-state index in [1.54, 1.807) is 12.4 Å². The van der Waals surface area contributed by atoms with Gasteiger partial charge in [0.2, 0.25) is 0 Å². The summed E-state index contributed by atoms with van der Waals surface area (Å²) in [4.78, 5) is 18.0. The summed E-state index contributed by atoms with van der Waals surface area (Å²) in [6.45, 7) is 0. The van der Waals surface area contributed by atoms with E-state index in [4.69, 9.17) is 0 Å². The zero-order valence-corrected chi connectivity index (χ0v) is 13.2. The molecule has 0 unspecified atom stereocenters. The molecule has 0 fully saturated rings. The molecule has 4 aromatic rings. The first-order chi connectivity index (χ1) is 9.74. The van der Waals surface area contributed by atoms with Gasteiger partial charge >= 0.3 is 0 Å². The molecular formula is C14H6Br2N4. The third kappa shape index (κ3) is 1.72. The van der Waals surface area contributed by atoms with Crippen molar-refractivity contribution in [2.75, 3.05) is 0 Å². The van der Waals surface area contributed by atoms with Crippen molar-refractivity contribution in [2.45, 2.75) is 0 Å². The Morgan fingerprint density at radius 2 is 1.05 bits per heavy atom. The summed E-state index contributed by atoms with van der Waals surface area (Å²) in [5.74, 6) is 0. The number of pyridine rings is 2. The molecule has 0 aliphatic carbocycles. The number of benzene rings is 1. The highest BCUT2D eigenvalue weighted by atomic mass is 79.9. The molecule has 0 amide bonds. The van der Waals surface area contributed by atoms with E-state index in [1.165, 1.54) is 0 Å². The van der Waals surface area contributed by atoms with Gasteiger partial charge in [0.25, 0.3) is 0 Å². The van der Waals surface area contributed by atoms with Crippen molar-refractivity contribution in [3.63, 3.8) is 0 Å². The van der Waals surface area contributed by atoms with E-state index in [0.717, 1.165) is 42.0 Å². The Hall–Kier alpha value is -1.66. The second-order valence-electron chi connectivity index (χ2n) is 4.31. The predicted molar refractivity (Wildman–Crippen MR) is 85.5 cm³/mol. The van der Waals surface area contributed by atoms with E-state index in [2.05, 4.69) is 51.8 Å². The van der Waals surface area contributed by atoms with E-state index in [0.29, 0.717) is 0 Å². The number of fused-ring (bicyclic) bond motifs is 6. The van der Waals surface area contributed by atoms with Crippen LogP contribution in [-0.2, 0) is 0 Å². The smallest absolute Gasteiger partial charge is 0.106 e. The van der Waals surface area contributed by atoms with Gasteiger partial charge in [-0.15, -0.1) is 0 Å². The van der Waals surface area contributed by atoms with Gasteiger partial charge in [0.1, 0.15) is 20.2 Å². The number of rotatable bonds is 0. The van der Waals surface area contributed by atoms with Crippen molar-refractivity contribution < 1.29 is 0 Å². The molecule has 0 radical (unpaired) electrons. The van der Waals surface area contributed by atoms with Crippen LogP contribution in [0.5, 0.6) is 0 Å². The van der Waals surface area contributed by atoms with Crippen LogP contribution >= 0.6 is 31.9 Å². The molecule has 0 atom stereocenters. The molecule has 0 saturated heterocycles. The molecule has 4 nitrogen and oxygen atoms in total. The Morgan fingerprint density at radius 1 is 0.600 bits per heavy atom. The fourth-order valence-electron chi connectivity index (χ4n) is 2.35. The molecule has 0 bridgehead atoms. The predicted octanol–water partition coefficient (Wildman–Crippen LogP) is 4.25. The maximum atomic E-state index is 4.56. The maximum absolute atomic E-state index is 4.56. The lowest BCUT2D eigenvalue weighted by atomic mass is 10.1. The van der Waals surface area contributed by atoms with Crippen LogP contribution in [0.2, 0.25) is 0 Å². The Bertz CT molecular complexity index is 904. The number of halogens is 2. The van der Waals surface area contributed by atoms with Gasteiger partial charge in [-0.2, -0.15) is 0 Å². The molecule has 4 rings (SSSR count). The van der Waals surface area contributed by atoms with Gasteiger partial charge in [0, 0.05) is 23.2 Å². The first kappa shape index (κ1) is 12.1. The SMILES string of the molecule is Brc1ccc2c3nccnc3c3ccc(Br)nc3c2n1. The average Bonchev–Trinajstić information content (AvgIpc) is 2.47. The van der Waals surface area contributed by atoms with Crippen LogP contribution in [0.25, 0.3) is 32.8 Å². The van der Waals surface area contributed by atoms with Crippen LogP contribution in [0, 0.1) is 0 Å². The van der Waals surface area contributed by atoms with E-state index in [-0.39, 0.29) is 0 Å². The first-order valence-electron chi connectivity index (χ1n) is 5.89. The summed E-state index contributed by atoms with van der Waals surface area (Å²) in [5, 5.41) is 1.91. The Balaban J connectivity index is 2.41. The minimum Gasteiger partial charge on any atom is -0.252 e. The van der Waals surface area contributed by atoms with Gasteiger partial charge in [-0.3, -0.25) is 9.97 Å². The second-order valence-corrected chi connectivity index (χ2v) is 5.94. The molecule has 1 aromatic carbocycles. The molecule has 96 valence electrons. The topological polar surface area (TPSA) is 51.6 Å². The summed E-state index contributed by atoms with van der Waals surface area (Å²) < 4.78 is 1.55. The summed E-state index contributed by atoms with van der Waals surface area (Å²) in [5.41, 5.74) is 3.34. The minimum atomic E-state index is 0.774. The number of hydrogen-bond acceptors (Lipinski definition) is 4. The lowest BCUT2D eigenvalue weighted by Crippen LogP contribution is -1.92. The zero-order chi connectivity index (χ0) is 13.7. The lowest BCUT2D eigenvalue weighted by Gasteiger charge is -2.07. The van der Waals surface area contributed by atoms with E-state index in [9.17, 15) is 0 Å². The van der Waals surface area contributed by atoms with Gasteiger partial charge in [-0.1, -0.05) is 0 Å². The van der Waals surface area contributed by atoms with Crippen LogP contribution < -0.4 is 0 Å². The number of nitrogens with zero attached hydrogens (tertiary/aromatic N) is 4.